The number of nitrogens with zero attached hydrogens (tertiary/aromatic N) is 2. The van der Waals surface area contributed by atoms with E-state index < -0.39 is 0 Å². The number of anilines is 1. The van der Waals surface area contributed by atoms with E-state index in [-0.39, 0.29) is 5.84 Å². The molecule has 1 aliphatic rings. The first-order chi connectivity index (χ1) is 10.2. The largest absolute Gasteiger partial charge is 0.388 e. The summed E-state index contributed by atoms with van der Waals surface area (Å²) in [5, 5.41) is 7.45. The summed E-state index contributed by atoms with van der Waals surface area (Å²) in [7, 11) is 2.24. The summed E-state index contributed by atoms with van der Waals surface area (Å²) >= 11 is 0. The highest BCUT2D eigenvalue weighted by Crippen LogP contribution is 2.20. The third-order valence-corrected chi connectivity index (χ3v) is 4.43. The fourth-order valence-electron chi connectivity index (χ4n) is 3.08. The van der Waals surface area contributed by atoms with E-state index in [1.807, 2.05) is 6.07 Å². The van der Waals surface area contributed by atoms with E-state index in [2.05, 4.69) is 41.1 Å². The number of hydrogen-bond donors (Lipinski definition) is 2. The topological polar surface area (TPSA) is 56.4 Å². The van der Waals surface area contributed by atoms with Gasteiger partial charge in [0.15, 0.2) is 0 Å². The normalized spacial score (nSPS) is 19.4. The van der Waals surface area contributed by atoms with Crippen molar-refractivity contribution in [3.05, 3.63) is 30.3 Å². The Morgan fingerprint density at radius 3 is 2.71 bits per heavy atom. The van der Waals surface area contributed by atoms with Crippen LogP contribution in [-0.2, 0) is 0 Å². The highest BCUT2D eigenvalue weighted by molar-refractivity contribution is 5.77. The molecule has 2 rings (SSSR count). The first-order valence-corrected chi connectivity index (χ1v) is 8.00. The number of benzene rings is 1. The van der Waals surface area contributed by atoms with E-state index >= 15 is 0 Å². The van der Waals surface area contributed by atoms with Crippen LogP contribution in [0.1, 0.15) is 32.1 Å². The molecule has 1 fully saturated rings. The zero-order chi connectivity index (χ0) is 15.1. The molecule has 116 valence electrons. The zero-order valence-electron chi connectivity index (χ0n) is 13.1. The average Bonchev–Trinajstić information content (AvgIpc) is 2.49. The van der Waals surface area contributed by atoms with Crippen LogP contribution in [-0.4, -0.2) is 43.5 Å². The molecule has 1 saturated heterocycles. The molecule has 1 heterocycles. The third kappa shape index (κ3) is 5.05. The van der Waals surface area contributed by atoms with Crippen molar-refractivity contribution >= 4 is 11.5 Å². The van der Waals surface area contributed by atoms with Gasteiger partial charge in [-0.1, -0.05) is 24.6 Å². The lowest BCUT2D eigenvalue weighted by atomic mass is 10.00. The highest BCUT2D eigenvalue weighted by atomic mass is 15.2. The Morgan fingerprint density at radius 1 is 1.29 bits per heavy atom. The maximum absolute atomic E-state index is 7.45. The molecule has 0 amide bonds. The van der Waals surface area contributed by atoms with Crippen LogP contribution in [0, 0.1) is 5.41 Å². The molecule has 1 aromatic carbocycles. The van der Waals surface area contributed by atoms with Gasteiger partial charge in [-0.2, -0.15) is 0 Å². The number of likely N-dealkylation sites (tertiary alicyclic amines) is 1. The molecule has 4 heteroatoms. The molecule has 0 radical (unpaired) electrons. The zero-order valence-corrected chi connectivity index (χ0v) is 13.1. The third-order valence-electron chi connectivity index (χ3n) is 4.43. The second kappa shape index (κ2) is 8.03. The summed E-state index contributed by atoms with van der Waals surface area (Å²) in [5.74, 6) is 0.269. The summed E-state index contributed by atoms with van der Waals surface area (Å²) in [6.07, 6.45) is 5.82. The first-order valence-electron chi connectivity index (χ1n) is 8.00. The van der Waals surface area contributed by atoms with Gasteiger partial charge in [-0.15, -0.1) is 0 Å². The lowest BCUT2D eigenvalue weighted by Gasteiger charge is -2.34. The van der Waals surface area contributed by atoms with E-state index in [1.165, 1.54) is 37.9 Å². The van der Waals surface area contributed by atoms with Gasteiger partial charge in [-0.05, 0) is 45.0 Å². The van der Waals surface area contributed by atoms with Crippen LogP contribution in [0.4, 0.5) is 5.69 Å². The molecule has 0 spiro atoms. The molecule has 0 saturated carbocycles. The SMILES string of the molecule is CN1CCCCC1CCN(CCC(=N)N)c1ccccc1. The molecule has 3 N–H and O–H groups in total. The first kappa shape index (κ1) is 15.8. The van der Waals surface area contributed by atoms with Crippen LogP contribution in [0.15, 0.2) is 30.3 Å². The lowest BCUT2D eigenvalue weighted by Crippen LogP contribution is -2.39. The van der Waals surface area contributed by atoms with Gasteiger partial charge in [0.25, 0.3) is 0 Å². The minimum atomic E-state index is 0.269. The lowest BCUT2D eigenvalue weighted by molar-refractivity contribution is 0.177. The predicted octanol–water partition coefficient (Wildman–Crippen LogP) is 2.69. The number of amidine groups is 1. The van der Waals surface area contributed by atoms with Gasteiger partial charge in [0.1, 0.15) is 0 Å². The number of nitrogens with two attached hydrogens (primary N) is 1. The molecule has 1 aliphatic heterocycles. The summed E-state index contributed by atoms with van der Waals surface area (Å²) < 4.78 is 0. The van der Waals surface area contributed by atoms with Gasteiger partial charge in [0.05, 0.1) is 5.84 Å². The van der Waals surface area contributed by atoms with Crippen molar-refractivity contribution in [2.75, 3.05) is 31.6 Å². The Hall–Kier alpha value is -1.55. The van der Waals surface area contributed by atoms with Crippen molar-refractivity contribution in [3.8, 4) is 0 Å². The van der Waals surface area contributed by atoms with Gasteiger partial charge >= 0.3 is 0 Å². The number of nitrogens with one attached hydrogen (secondary N) is 1. The van der Waals surface area contributed by atoms with Gasteiger partial charge in [0.2, 0.25) is 0 Å². The fraction of sp³-hybridized carbons (Fsp3) is 0.588. The van der Waals surface area contributed by atoms with Crippen LogP contribution < -0.4 is 10.6 Å². The van der Waals surface area contributed by atoms with Crippen LogP contribution in [0.5, 0.6) is 0 Å². The van der Waals surface area contributed by atoms with Crippen LogP contribution in [0.3, 0.4) is 0 Å². The standard InChI is InChI=1S/C17H28N4/c1-20-12-6-5-7-15(20)10-13-21(14-11-17(18)19)16-8-3-2-4-9-16/h2-4,8-9,15H,5-7,10-14H2,1H3,(H3,18,19). The van der Waals surface area contributed by atoms with Gasteiger partial charge in [-0.25, -0.2) is 0 Å². The molecule has 0 aromatic heterocycles. The average molecular weight is 288 g/mol. The van der Waals surface area contributed by atoms with Gasteiger partial charge < -0.3 is 15.5 Å². The molecule has 1 aromatic rings. The number of rotatable bonds is 7. The maximum Gasteiger partial charge on any atom is 0.0923 e. The summed E-state index contributed by atoms with van der Waals surface area (Å²) in [6.45, 7) is 3.09. The highest BCUT2D eigenvalue weighted by Gasteiger charge is 2.19. The minimum Gasteiger partial charge on any atom is -0.388 e. The fourth-order valence-corrected chi connectivity index (χ4v) is 3.08. The molecule has 1 unspecified atom stereocenters. The molecular formula is C17H28N4. The summed E-state index contributed by atoms with van der Waals surface area (Å²) in [6, 6.07) is 11.2. The van der Waals surface area contributed by atoms with Crippen molar-refractivity contribution < 1.29 is 0 Å². The minimum absolute atomic E-state index is 0.269. The van der Waals surface area contributed by atoms with E-state index in [1.54, 1.807) is 0 Å². The Balaban J connectivity index is 1.93. The Kier molecular flexibility index (Phi) is 6.05. The summed E-state index contributed by atoms with van der Waals surface area (Å²) in [5.41, 5.74) is 6.76. The summed E-state index contributed by atoms with van der Waals surface area (Å²) in [4.78, 5) is 4.86. The maximum atomic E-state index is 7.45. The monoisotopic (exact) mass is 288 g/mol. The smallest absolute Gasteiger partial charge is 0.0923 e. The van der Waals surface area contributed by atoms with E-state index in [0.29, 0.717) is 12.5 Å². The van der Waals surface area contributed by atoms with E-state index in [9.17, 15) is 0 Å². The molecule has 0 aliphatic carbocycles. The Bertz CT molecular complexity index is 432. The van der Waals surface area contributed by atoms with Crippen molar-refractivity contribution in [2.24, 2.45) is 5.73 Å². The van der Waals surface area contributed by atoms with Crippen molar-refractivity contribution in [1.29, 1.82) is 5.41 Å². The molecule has 1 atom stereocenters. The van der Waals surface area contributed by atoms with Crippen LogP contribution in [0.25, 0.3) is 0 Å². The Morgan fingerprint density at radius 2 is 2.05 bits per heavy atom. The van der Waals surface area contributed by atoms with Crippen molar-refractivity contribution in [3.63, 3.8) is 0 Å². The number of piperidine rings is 1. The number of hydrogen-bond acceptors (Lipinski definition) is 3. The molecule has 4 nitrogen and oxygen atoms in total. The van der Waals surface area contributed by atoms with Gasteiger partial charge in [0, 0.05) is 31.2 Å². The predicted molar refractivity (Wildman–Crippen MR) is 90.1 cm³/mol. The van der Waals surface area contributed by atoms with Crippen LogP contribution >= 0.6 is 0 Å². The Labute approximate surface area is 128 Å². The number of para-hydroxylation sites is 1. The van der Waals surface area contributed by atoms with Gasteiger partial charge in [-0.3, -0.25) is 5.41 Å². The molecular weight excluding hydrogens is 260 g/mol. The quantitative estimate of drug-likeness (QED) is 0.599. The van der Waals surface area contributed by atoms with E-state index in [0.717, 1.165) is 13.1 Å². The molecule has 21 heavy (non-hydrogen) atoms. The second-order valence-corrected chi connectivity index (χ2v) is 6.02. The van der Waals surface area contributed by atoms with Crippen molar-refractivity contribution in [2.45, 2.75) is 38.1 Å². The van der Waals surface area contributed by atoms with Crippen LogP contribution in [0.2, 0.25) is 0 Å². The van der Waals surface area contributed by atoms with Crippen molar-refractivity contribution in [1.82, 2.24) is 4.90 Å². The van der Waals surface area contributed by atoms with E-state index in [4.69, 9.17) is 11.1 Å². The molecule has 0 bridgehead atoms. The second-order valence-electron chi connectivity index (χ2n) is 6.02.